The van der Waals surface area contributed by atoms with Gasteiger partial charge < -0.3 is 19.1 Å². The van der Waals surface area contributed by atoms with Gasteiger partial charge in [0.2, 0.25) is 0 Å². The third-order valence-corrected chi connectivity index (χ3v) is 7.56. The van der Waals surface area contributed by atoms with Crippen molar-refractivity contribution in [3.63, 3.8) is 0 Å². The lowest BCUT2D eigenvalue weighted by molar-refractivity contribution is 0.0680. The molecule has 1 aliphatic heterocycles. The molecule has 1 aliphatic rings. The SMILES string of the molecule is CCOc1c(Cl)cc(C(=O)N(Cc2ccc(OC)c(OC)c2)[C@H]2CCS(=O)(=O)C2)cc1Cl. The third kappa shape index (κ3) is 5.42. The van der Waals surface area contributed by atoms with E-state index < -0.39 is 15.9 Å². The number of carbonyl (C=O) groups is 1. The highest BCUT2D eigenvalue weighted by Gasteiger charge is 2.35. The van der Waals surface area contributed by atoms with Gasteiger partial charge in [0, 0.05) is 18.2 Å². The van der Waals surface area contributed by atoms with Crippen molar-refractivity contribution in [3.8, 4) is 17.2 Å². The number of amides is 1. The Morgan fingerprint density at radius 1 is 1.09 bits per heavy atom. The second kappa shape index (κ2) is 10.2. The Bertz CT molecular complexity index is 1080. The highest BCUT2D eigenvalue weighted by atomic mass is 35.5. The minimum atomic E-state index is -3.21. The monoisotopic (exact) mass is 501 g/mol. The van der Waals surface area contributed by atoms with Gasteiger partial charge in [-0.2, -0.15) is 0 Å². The van der Waals surface area contributed by atoms with Crippen molar-refractivity contribution < 1.29 is 27.4 Å². The van der Waals surface area contributed by atoms with Crippen LogP contribution in [-0.4, -0.2) is 57.6 Å². The first-order valence-electron chi connectivity index (χ1n) is 10.0. The summed E-state index contributed by atoms with van der Waals surface area (Å²) in [7, 11) is -0.149. The number of nitrogens with zero attached hydrogens (tertiary/aromatic N) is 1. The number of rotatable bonds is 8. The summed E-state index contributed by atoms with van der Waals surface area (Å²) >= 11 is 12.6. The molecule has 0 radical (unpaired) electrons. The molecule has 0 bridgehead atoms. The number of benzene rings is 2. The second-order valence-corrected chi connectivity index (χ2v) is 10.4. The lowest BCUT2D eigenvalue weighted by Crippen LogP contribution is -2.40. The molecule has 174 valence electrons. The number of hydrogen-bond donors (Lipinski definition) is 0. The highest BCUT2D eigenvalue weighted by Crippen LogP contribution is 2.35. The fourth-order valence-corrected chi connectivity index (χ4v) is 6.02. The van der Waals surface area contributed by atoms with Gasteiger partial charge in [0.05, 0.1) is 42.4 Å². The van der Waals surface area contributed by atoms with E-state index in [4.69, 9.17) is 37.4 Å². The second-order valence-electron chi connectivity index (χ2n) is 7.38. The maximum atomic E-state index is 13.5. The van der Waals surface area contributed by atoms with Crippen molar-refractivity contribution in [2.75, 3.05) is 32.3 Å². The van der Waals surface area contributed by atoms with Crippen LogP contribution in [0.3, 0.4) is 0 Å². The molecule has 1 atom stereocenters. The van der Waals surface area contributed by atoms with Crippen LogP contribution in [0.5, 0.6) is 17.2 Å². The zero-order chi connectivity index (χ0) is 23.5. The van der Waals surface area contributed by atoms with Gasteiger partial charge in [-0.25, -0.2) is 8.42 Å². The molecule has 0 aromatic heterocycles. The molecule has 0 spiro atoms. The Morgan fingerprint density at radius 2 is 1.75 bits per heavy atom. The number of sulfone groups is 1. The number of methoxy groups -OCH3 is 2. The van der Waals surface area contributed by atoms with Crippen LogP contribution in [0.15, 0.2) is 30.3 Å². The Kier molecular flexibility index (Phi) is 7.79. The summed E-state index contributed by atoms with van der Waals surface area (Å²) in [5.41, 5.74) is 1.02. The largest absolute Gasteiger partial charge is 0.493 e. The van der Waals surface area contributed by atoms with Crippen LogP contribution in [0.25, 0.3) is 0 Å². The molecule has 2 aromatic carbocycles. The van der Waals surface area contributed by atoms with E-state index in [9.17, 15) is 13.2 Å². The fraction of sp³-hybridized carbons (Fsp3) is 0.409. The van der Waals surface area contributed by atoms with Gasteiger partial charge in [-0.1, -0.05) is 29.3 Å². The molecule has 0 unspecified atom stereocenters. The van der Waals surface area contributed by atoms with Gasteiger partial charge in [0.25, 0.3) is 5.91 Å². The van der Waals surface area contributed by atoms with Crippen LogP contribution in [0.2, 0.25) is 10.0 Å². The summed E-state index contributed by atoms with van der Waals surface area (Å²) in [4.78, 5) is 15.1. The highest BCUT2D eigenvalue weighted by molar-refractivity contribution is 7.91. The van der Waals surface area contributed by atoms with E-state index in [1.807, 2.05) is 6.07 Å². The topological polar surface area (TPSA) is 82.1 Å². The van der Waals surface area contributed by atoms with Crippen molar-refractivity contribution in [1.82, 2.24) is 4.90 Å². The number of ether oxygens (including phenoxy) is 3. The zero-order valence-corrected chi connectivity index (χ0v) is 20.4. The van der Waals surface area contributed by atoms with E-state index in [-0.39, 0.29) is 39.6 Å². The first-order valence-corrected chi connectivity index (χ1v) is 12.6. The van der Waals surface area contributed by atoms with E-state index in [2.05, 4.69) is 0 Å². The van der Waals surface area contributed by atoms with Crippen LogP contribution >= 0.6 is 23.2 Å². The van der Waals surface area contributed by atoms with Gasteiger partial charge >= 0.3 is 0 Å². The Balaban J connectivity index is 1.97. The average Bonchev–Trinajstić information content (AvgIpc) is 3.13. The van der Waals surface area contributed by atoms with Crippen molar-refractivity contribution in [1.29, 1.82) is 0 Å². The zero-order valence-electron chi connectivity index (χ0n) is 18.1. The van der Waals surface area contributed by atoms with E-state index in [0.717, 1.165) is 5.56 Å². The van der Waals surface area contributed by atoms with Gasteiger partial charge in [-0.05, 0) is 43.2 Å². The lowest BCUT2D eigenvalue weighted by Gasteiger charge is -2.29. The minimum absolute atomic E-state index is 0.0399. The van der Waals surface area contributed by atoms with E-state index in [1.54, 1.807) is 24.0 Å². The van der Waals surface area contributed by atoms with Crippen molar-refractivity contribution >= 4 is 38.9 Å². The predicted octanol–water partition coefficient (Wildman–Crippen LogP) is 4.24. The van der Waals surface area contributed by atoms with Gasteiger partial charge in [-0.3, -0.25) is 4.79 Å². The van der Waals surface area contributed by atoms with Gasteiger partial charge in [0.15, 0.2) is 27.1 Å². The molecule has 7 nitrogen and oxygen atoms in total. The summed E-state index contributed by atoms with van der Waals surface area (Å²) in [6.45, 7) is 2.36. The summed E-state index contributed by atoms with van der Waals surface area (Å²) in [5, 5.41) is 0.431. The molecule has 2 aromatic rings. The maximum absolute atomic E-state index is 13.5. The molecular formula is C22H25Cl2NO6S. The molecule has 3 rings (SSSR count). The van der Waals surface area contributed by atoms with Crippen LogP contribution in [0, 0.1) is 0 Å². The Hall–Kier alpha value is -2.16. The van der Waals surface area contributed by atoms with Crippen LogP contribution in [-0.2, 0) is 16.4 Å². The first-order chi connectivity index (χ1) is 15.2. The van der Waals surface area contributed by atoms with Crippen molar-refractivity contribution in [2.24, 2.45) is 0 Å². The Morgan fingerprint density at radius 3 is 2.28 bits per heavy atom. The van der Waals surface area contributed by atoms with E-state index in [0.29, 0.717) is 30.3 Å². The Labute approximate surface area is 198 Å². The molecule has 0 aliphatic carbocycles. The molecule has 1 fully saturated rings. The predicted molar refractivity (Wildman–Crippen MR) is 124 cm³/mol. The molecule has 32 heavy (non-hydrogen) atoms. The van der Waals surface area contributed by atoms with Crippen molar-refractivity contribution in [2.45, 2.75) is 25.9 Å². The number of hydrogen-bond acceptors (Lipinski definition) is 6. The molecular weight excluding hydrogens is 477 g/mol. The summed E-state index contributed by atoms with van der Waals surface area (Å²) in [6, 6.07) is 7.83. The minimum Gasteiger partial charge on any atom is -0.493 e. The first kappa shape index (κ1) is 24.5. The van der Waals surface area contributed by atoms with Gasteiger partial charge in [-0.15, -0.1) is 0 Å². The lowest BCUT2D eigenvalue weighted by atomic mass is 10.1. The number of halogens is 2. The normalized spacial score (nSPS) is 17.1. The molecule has 0 saturated carbocycles. The van der Waals surface area contributed by atoms with Crippen LogP contribution in [0.4, 0.5) is 0 Å². The average molecular weight is 502 g/mol. The third-order valence-electron chi connectivity index (χ3n) is 5.24. The molecule has 1 amide bonds. The summed E-state index contributed by atoms with van der Waals surface area (Å²) in [5.74, 6) is 0.963. The molecule has 1 saturated heterocycles. The van der Waals surface area contributed by atoms with Crippen LogP contribution < -0.4 is 14.2 Å². The van der Waals surface area contributed by atoms with Crippen LogP contribution in [0.1, 0.15) is 29.3 Å². The fourth-order valence-electron chi connectivity index (χ4n) is 3.70. The summed E-state index contributed by atoms with van der Waals surface area (Å²) < 4.78 is 40.3. The summed E-state index contributed by atoms with van der Waals surface area (Å²) in [6.07, 6.45) is 0.361. The smallest absolute Gasteiger partial charge is 0.254 e. The number of carbonyl (C=O) groups excluding carboxylic acids is 1. The van der Waals surface area contributed by atoms with Gasteiger partial charge in [0.1, 0.15) is 0 Å². The standard InChI is InChI=1S/C22H25Cl2NO6S/c1-4-31-21-17(23)10-15(11-18(21)24)22(26)25(16-7-8-32(27,28)13-16)12-14-5-6-19(29-2)20(9-14)30-3/h5-6,9-11,16H,4,7-8,12-13H2,1-3H3/t16-/m0/s1. The molecule has 0 N–H and O–H groups in total. The maximum Gasteiger partial charge on any atom is 0.254 e. The van der Waals surface area contributed by atoms with E-state index in [1.165, 1.54) is 26.4 Å². The molecule has 10 heteroatoms. The quantitative estimate of drug-likeness (QED) is 0.537. The van der Waals surface area contributed by atoms with E-state index >= 15 is 0 Å². The molecule has 1 heterocycles. The van der Waals surface area contributed by atoms with Crippen molar-refractivity contribution in [3.05, 3.63) is 51.5 Å².